The van der Waals surface area contributed by atoms with Crippen LogP contribution in [-0.2, 0) is 12.6 Å². The largest absolute Gasteiger partial charge is 0.417 e. The molecule has 1 atom stereocenters. The Labute approximate surface area is 187 Å². The Morgan fingerprint density at radius 3 is 2.45 bits per heavy atom. The van der Waals surface area contributed by atoms with Crippen molar-refractivity contribution in [2.45, 2.75) is 37.8 Å². The molecule has 1 unspecified atom stereocenters. The first-order valence-electron chi connectivity index (χ1n) is 10.5. The Kier molecular flexibility index (Phi) is 6.05. The Hall–Kier alpha value is -3.86. The fourth-order valence-corrected chi connectivity index (χ4v) is 4.32. The van der Waals surface area contributed by atoms with Crippen LogP contribution >= 0.6 is 0 Å². The number of hydrogen-bond acceptors (Lipinski definition) is 3. The molecule has 0 aliphatic heterocycles. The van der Waals surface area contributed by atoms with Crippen LogP contribution in [-0.4, -0.2) is 9.97 Å². The first kappa shape index (κ1) is 22.3. The Balaban J connectivity index is 1.68. The van der Waals surface area contributed by atoms with Crippen LogP contribution in [0.3, 0.4) is 0 Å². The Morgan fingerprint density at radius 2 is 1.82 bits per heavy atom. The standard InChI is InChI=1S/C25H20F3N3O2/c26-25(27,28)21-13-16(14-29)6-11-19(21)17-7-9-18(10-8-17)22-20(23(32)31-24(33)30-22)12-15-4-2-1-3-5-15/h1-7,11,13,18H,8-10,12H2,(H2,30,31,32,33). The van der Waals surface area contributed by atoms with Gasteiger partial charge in [-0.05, 0) is 48.1 Å². The van der Waals surface area contributed by atoms with Crippen LogP contribution in [0, 0.1) is 11.3 Å². The highest BCUT2D eigenvalue weighted by molar-refractivity contribution is 5.70. The number of nitriles is 1. The number of aromatic nitrogens is 2. The van der Waals surface area contributed by atoms with Crippen LogP contribution in [0.1, 0.15) is 58.7 Å². The summed E-state index contributed by atoms with van der Waals surface area (Å²) in [4.78, 5) is 29.6. The van der Waals surface area contributed by atoms with E-state index in [9.17, 15) is 22.8 Å². The minimum Gasteiger partial charge on any atom is -0.311 e. The van der Waals surface area contributed by atoms with Crippen molar-refractivity contribution in [1.82, 2.24) is 9.97 Å². The van der Waals surface area contributed by atoms with E-state index < -0.39 is 23.0 Å². The number of benzene rings is 2. The highest BCUT2D eigenvalue weighted by Gasteiger charge is 2.35. The third kappa shape index (κ3) is 4.82. The molecule has 1 aliphatic carbocycles. The van der Waals surface area contributed by atoms with Crippen molar-refractivity contribution in [3.05, 3.63) is 109 Å². The first-order chi connectivity index (χ1) is 15.8. The van der Waals surface area contributed by atoms with Crippen LogP contribution in [0.5, 0.6) is 0 Å². The van der Waals surface area contributed by atoms with Gasteiger partial charge in [-0.15, -0.1) is 0 Å². The highest BCUT2D eigenvalue weighted by Crippen LogP contribution is 2.41. The predicted octanol–water partition coefficient (Wildman–Crippen LogP) is 4.90. The molecular formula is C25H20F3N3O2. The van der Waals surface area contributed by atoms with Gasteiger partial charge in [0.1, 0.15) is 0 Å². The molecule has 0 radical (unpaired) electrons. The molecule has 33 heavy (non-hydrogen) atoms. The number of allylic oxidation sites excluding steroid dienone is 2. The molecule has 5 nitrogen and oxygen atoms in total. The summed E-state index contributed by atoms with van der Waals surface area (Å²) in [6.07, 6.45) is -1.31. The lowest BCUT2D eigenvalue weighted by Crippen LogP contribution is -2.30. The van der Waals surface area contributed by atoms with E-state index in [4.69, 9.17) is 5.26 Å². The zero-order valence-electron chi connectivity index (χ0n) is 17.5. The molecule has 0 bridgehead atoms. The molecule has 0 fully saturated rings. The van der Waals surface area contributed by atoms with Gasteiger partial charge in [-0.1, -0.05) is 42.5 Å². The van der Waals surface area contributed by atoms with E-state index in [-0.39, 0.29) is 17.0 Å². The van der Waals surface area contributed by atoms with Crippen LogP contribution in [0.2, 0.25) is 0 Å². The summed E-state index contributed by atoms with van der Waals surface area (Å²) < 4.78 is 40.8. The third-order valence-electron chi connectivity index (χ3n) is 5.92. The molecule has 2 N–H and O–H groups in total. The average molecular weight is 451 g/mol. The maximum Gasteiger partial charge on any atom is 0.417 e. The molecule has 2 aromatic carbocycles. The van der Waals surface area contributed by atoms with Gasteiger partial charge in [-0.2, -0.15) is 18.4 Å². The monoisotopic (exact) mass is 451 g/mol. The van der Waals surface area contributed by atoms with Gasteiger partial charge in [-0.3, -0.25) is 9.78 Å². The van der Waals surface area contributed by atoms with Crippen molar-refractivity contribution < 1.29 is 13.2 Å². The van der Waals surface area contributed by atoms with Crippen molar-refractivity contribution >= 4 is 5.57 Å². The zero-order valence-corrected chi connectivity index (χ0v) is 17.5. The fraction of sp³-hybridized carbons (Fsp3) is 0.240. The van der Waals surface area contributed by atoms with E-state index in [1.54, 1.807) is 12.1 Å². The van der Waals surface area contributed by atoms with Crippen LogP contribution < -0.4 is 11.2 Å². The molecular weight excluding hydrogens is 431 g/mol. The minimum atomic E-state index is -4.58. The van der Waals surface area contributed by atoms with Gasteiger partial charge in [0.05, 0.1) is 17.2 Å². The summed E-state index contributed by atoms with van der Waals surface area (Å²) >= 11 is 0. The van der Waals surface area contributed by atoms with Gasteiger partial charge in [0.2, 0.25) is 0 Å². The Bertz CT molecular complexity index is 1360. The van der Waals surface area contributed by atoms with Crippen LogP contribution in [0.15, 0.2) is 64.2 Å². The molecule has 0 saturated heterocycles. The molecule has 8 heteroatoms. The van der Waals surface area contributed by atoms with E-state index in [1.807, 2.05) is 30.3 Å². The molecule has 1 heterocycles. The van der Waals surface area contributed by atoms with Crippen molar-refractivity contribution in [1.29, 1.82) is 5.26 Å². The smallest absolute Gasteiger partial charge is 0.311 e. The fourth-order valence-electron chi connectivity index (χ4n) is 4.32. The summed E-state index contributed by atoms with van der Waals surface area (Å²) in [7, 11) is 0. The summed E-state index contributed by atoms with van der Waals surface area (Å²) in [5.41, 5.74) is 0.551. The van der Waals surface area contributed by atoms with Crippen molar-refractivity contribution in [2.24, 2.45) is 0 Å². The number of nitrogens with zero attached hydrogens (tertiary/aromatic N) is 1. The zero-order chi connectivity index (χ0) is 23.6. The molecule has 0 amide bonds. The van der Waals surface area contributed by atoms with Crippen molar-refractivity contribution in [2.75, 3.05) is 0 Å². The van der Waals surface area contributed by atoms with Crippen molar-refractivity contribution in [3.63, 3.8) is 0 Å². The van der Waals surface area contributed by atoms with Crippen molar-refractivity contribution in [3.8, 4) is 6.07 Å². The van der Waals surface area contributed by atoms with Gasteiger partial charge >= 0.3 is 11.9 Å². The van der Waals surface area contributed by atoms with Gasteiger partial charge in [0, 0.05) is 23.6 Å². The van der Waals surface area contributed by atoms with E-state index in [0.717, 1.165) is 11.6 Å². The Morgan fingerprint density at radius 1 is 1.06 bits per heavy atom. The van der Waals surface area contributed by atoms with E-state index >= 15 is 0 Å². The van der Waals surface area contributed by atoms with Gasteiger partial charge in [-0.25, -0.2) is 4.79 Å². The van der Waals surface area contributed by atoms with E-state index in [0.29, 0.717) is 42.5 Å². The molecule has 3 aromatic rings. The number of hydrogen-bond donors (Lipinski definition) is 2. The molecule has 168 valence electrons. The normalized spacial score (nSPS) is 16.2. The lowest BCUT2D eigenvalue weighted by atomic mass is 9.81. The SMILES string of the molecule is N#Cc1ccc(C2=CCC(c3[nH]c(=O)[nH]c(=O)c3Cc3ccccc3)CC2)c(C(F)(F)F)c1. The number of rotatable bonds is 4. The van der Waals surface area contributed by atoms with Crippen LogP contribution in [0.25, 0.3) is 5.57 Å². The first-order valence-corrected chi connectivity index (χ1v) is 10.5. The second-order valence-electron chi connectivity index (χ2n) is 8.03. The quantitative estimate of drug-likeness (QED) is 0.592. The highest BCUT2D eigenvalue weighted by atomic mass is 19.4. The number of halogens is 3. The summed E-state index contributed by atoms with van der Waals surface area (Å²) in [6.45, 7) is 0. The summed E-state index contributed by atoms with van der Waals surface area (Å²) in [5, 5.41) is 8.98. The lowest BCUT2D eigenvalue weighted by Gasteiger charge is -2.25. The molecule has 0 saturated carbocycles. The molecule has 1 aliphatic rings. The molecule has 1 aromatic heterocycles. The van der Waals surface area contributed by atoms with Crippen LogP contribution in [0.4, 0.5) is 13.2 Å². The maximum absolute atomic E-state index is 13.6. The summed E-state index contributed by atoms with van der Waals surface area (Å²) in [5.74, 6) is -0.199. The number of H-pyrrole nitrogens is 2. The van der Waals surface area contributed by atoms with Gasteiger partial charge < -0.3 is 4.98 Å². The molecule has 4 rings (SSSR count). The second kappa shape index (κ2) is 8.94. The minimum absolute atomic E-state index is 0.0491. The predicted molar refractivity (Wildman–Crippen MR) is 118 cm³/mol. The van der Waals surface area contributed by atoms with E-state index in [2.05, 4.69) is 9.97 Å². The second-order valence-corrected chi connectivity index (χ2v) is 8.03. The average Bonchev–Trinajstić information content (AvgIpc) is 2.80. The topological polar surface area (TPSA) is 89.5 Å². The number of nitrogens with one attached hydrogen (secondary N) is 2. The third-order valence-corrected chi connectivity index (χ3v) is 5.92. The maximum atomic E-state index is 13.6. The van der Waals surface area contributed by atoms with E-state index in [1.165, 1.54) is 12.1 Å². The summed E-state index contributed by atoms with van der Waals surface area (Å²) in [6, 6.07) is 14.7. The van der Waals surface area contributed by atoms with Gasteiger partial charge in [0.25, 0.3) is 5.56 Å². The number of alkyl halides is 3. The lowest BCUT2D eigenvalue weighted by molar-refractivity contribution is -0.137. The number of aromatic amines is 2. The molecule has 0 spiro atoms. The van der Waals surface area contributed by atoms with Gasteiger partial charge in [0.15, 0.2) is 0 Å².